The Kier molecular flexibility index (Phi) is 4.94. The normalized spacial score (nSPS) is 29.6. The van der Waals surface area contributed by atoms with Crippen LogP contribution in [0, 0.1) is 11.8 Å². The van der Waals surface area contributed by atoms with Crippen LogP contribution in [0.25, 0.3) is 0 Å². The van der Waals surface area contributed by atoms with Crippen molar-refractivity contribution in [2.45, 2.75) is 77.2 Å². The van der Waals surface area contributed by atoms with Crippen LogP contribution in [0.2, 0.25) is 0 Å². The number of nitrogens with one attached hydrogen (secondary N) is 1. The van der Waals surface area contributed by atoms with Gasteiger partial charge in [-0.15, -0.1) is 10.2 Å². The zero-order valence-electron chi connectivity index (χ0n) is 13.5. The van der Waals surface area contributed by atoms with Gasteiger partial charge in [-0.3, -0.25) is 0 Å². The fraction of sp³-hybridized carbons (Fsp3) is 0.882. The van der Waals surface area contributed by atoms with Gasteiger partial charge in [0, 0.05) is 24.9 Å². The van der Waals surface area contributed by atoms with E-state index in [0.29, 0.717) is 12.0 Å². The van der Waals surface area contributed by atoms with Crippen LogP contribution in [-0.4, -0.2) is 22.8 Å². The summed E-state index contributed by atoms with van der Waals surface area (Å²) in [7, 11) is 0. The summed E-state index contributed by atoms with van der Waals surface area (Å²) >= 11 is 0. The zero-order valence-corrected chi connectivity index (χ0v) is 13.5. The third-order valence-corrected chi connectivity index (χ3v) is 5.26. The van der Waals surface area contributed by atoms with Crippen LogP contribution < -0.4 is 5.32 Å². The topological polar surface area (TPSA) is 51.0 Å². The number of aromatic nitrogens is 2. The van der Waals surface area contributed by atoms with Crippen molar-refractivity contribution in [2.75, 3.05) is 6.54 Å². The zero-order chi connectivity index (χ0) is 14.7. The van der Waals surface area contributed by atoms with E-state index in [-0.39, 0.29) is 0 Å². The lowest BCUT2D eigenvalue weighted by Crippen LogP contribution is -2.27. The number of hydrogen-bond donors (Lipinski definition) is 1. The van der Waals surface area contributed by atoms with Crippen molar-refractivity contribution in [3.63, 3.8) is 0 Å². The lowest BCUT2D eigenvalue weighted by atomic mass is 9.67. The Morgan fingerprint density at radius 1 is 1.10 bits per heavy atom. The Morgan fingerprint density at radius 2 is 1.90 bits per heavy atom. The van der Waals surface area contributed by atoms with Crippen LogP contribution in [0.1, 0.15) is 76.5 Å². The summed E-state index contributed by atoms with van der Waals surface area (Å²) in [5, 5.41) is 12.0. The molecule has 0 radical (unpaired) electrons. The summed E-state index contributed by atoms with van der Waals surface area (Å²) in [6.07, 6.45) is 10.5. The van der Waals surface area contributed by atoms with Crippen LogP contribution in [0.4, 0.5) is 0 Å². The van der Waals surface area contributed by atoms with Crippen molar-refractivity contribution in [1.29, 1.82) is 0 Å². The minimum atomic E-state index is 0.508. The molecule has 2 saturated carbocycles. The van der Waals surface area contributed by atoms with Gasteiger partial charge in [0.15, 0.2) is 0 Å². The first-order valence-electron chi connectivity index (χ1n) is 8.78. The maximum absolute atomic E-state index is 5.92. The first-order valence-corrected chi connectivity index (χ1v) is 8.78. The SMILES string of the molecule is CC(C)NCCc1nnc(C2CCC3CCCCC3C2)o1. The smallest absolute Gasteiger partial charge is 0.219 e. The van der Waals surface area contributed by atoms with Gasteiger partial charge in [-0.25, -0.2) is 0 Å². The third-order valence-electron chi connectivity index (χ3n) is 5.26. The Hall–Kier alpha value is -0.900. The minimum Gasteiger partial charge on any atom is -0.425 e. The molecule has 3 rings (SSSR count). The van der Waals surface area contributed by atoms with Crippen LogP contribution in [-0.2, 0) is 6.42 Å². The molecule has 1 heterocycles. The van der Waals surface area contributed by atoms with E-state index in [1.165, 1.54) is 44.9 Å². The second kappa shape index (κ2) is 6.91. The predicted octanol–water partition coefficient (Wildman–Crippen LogP) is 3.68. The molecular weight excluding hydrogens is 262 g/mol. The Bertz CT molecular complexity index is 443. The first-order chi connectivity index (χ1) is 10.2. The number of fused-ring (bicyclic) bond motifs is 1. The van der Waals surface area contributed by atoms with Gasteiger partial charge in [0.05, 0.1) is 0 Å². The van der Waals surface area contributed by atoms with E-state index in [4.69, 9.17) is 4.42 Å². The van der Waals surface area contributed by atoms with Crippen molar-refractivity contribution in [3.05, 3.63) is 11.8 Å². The number of hydrogen-bond acceptors (Lipinski definition) is 4. The number of nitrogens with zero attached hydrogens (tertiary/aromatic N) is 2. The molecule has 2 fully saturated rings. The van der Waals surface area contributed by atoms with Gasteiger partial charge in [-0.05, 0) is 31.1 Å². The molecule has 4 nitrogen and oxygen atoms in total. The van der Waals surface area contributed by atoms with Crippen LogP contribution in [0.3, 0.4) is 0 Å². The Morgan fingerprint density at radius 3 is 2.71 bits per heavy atom. The average Bonchev–Trinajstić information content (AvgIpc) is 2.95. The van der Waals surface area contributed by atoms with Crippen molar-refractivity contribution in [3.8, 4) is 0 Å². The predicted molar refractivity (Wildman–Crippen MR) is 83.2 cm³/mol. The molecule has 1 N–H and O–H groups in total. The summed E-state index contributed by atoms with van der Waals surface area (Å²) in [5.74, 6) is 4.11. The first kappa shape index (κ1) is 15.0. The van der Waals surface area contributed by atoms with Gasteiger partial charge in [-0.1, -0.05) is 39.5 Å². The van der Waals surface area contributed by atoms with Gasteiger partial charge in [0.1, 0.15) is 0 Å². The lowest BCUT2D eigenvalue weighted by molar-refractivity contribution is 0.145. The molecule has 4 heteroatoms. The van der Waals surface area contributed by atoms with Crippen molar-refractivity contribution < 1.29 is 4.42 Å². The van der Waals surface area contributed by atoms with Crippen LogP contribution in [0.15, 0.2) is 4.42 Å². The van der Waals surface area contributed by atoms with E-state index in [2.05, 4.69) is 29.4 Å². The van der Waals surface area contributed by atoms with Gasteiger partial charge in [-0.2, -0.15) is 0 Å². The maximum Gasteiger partial charge on any atom is 0.219 e. The van der Waals surface area contributed by atoms with Gasteiger partial charge >= 0.3 is 0 Å². The Labute approximate surface area is 128 Å². The molecule has 0 aliphatic heterocycles. The lowest BCUT2D eigenvalue weighted by Gasteiger charge is -2.38. The monoisotopic (exact) mass is 291 g/mol. The van der Waals surface area contributed by atoms with E-state index >= 15 is 0 Å². The minimum absolute atomic E-state index is 0.508. The van der Waals surface area contributed by atoms with Gasteiger partial charge < -0.3 is 9.73 Å². The highest BCUT2D eigenvalue weighted by Crippen LogP contribution is 2.45. The molecule has 2 aliphatic rings. The highest BCUT2D eigenvalue weighted by molar-refractivity contribution is 4.97. The second-order valence-corrected chi connectivity index (χ2v) is 7.21. The molecular formula is C17H29N3O. The number of rotatable bonds is 5. The van der Waals surface area contributed by atoms with E-state index in [0.717, 1.165) is 36.6 Å². The van der Waals surface area contributed by atoms with Crippen LogP contribution >= 0.6 is 0 Å². The van der Waals surface area contributed by atoms with E-state index in [1.807, 2.05) is 0 Å². The average molecular weight is 291 g/mol. The molecule has 0 aromatic carbocycles. The summed E-state index contributed by atoms with van der Waals surface area (Å²) in [6.45, 7) is 5.22. The van der Waals surface area contributed by atoms with Gasteiger partial charge in [0.25, 0.3) is 0 Å². The van der Waals surface area contributed by atoms with Crippen molar-refractivity contribution >= 4 is 0 Å². The van der Waals surface area contributed by atoms with E-state index in [1.54, 1.807) is 0 Å². The molecule has 0 amide bonds. The summed E-state index contributed by atoms with van der Waals surface area (Å²) in [4.78, 5) is 0. The van der Waals surface area contributed by atoms with Crippen molar-refractivity contribution in [1.82, 2.24) is 15.5 Å². The van der Waals surface area contributed by atoms with E-state index in [9.17, 15) is 0 Å². The van der Waals surface area contributed by atoms with E-state index < -0.39 is 0 Å². The molecule has 0 saturated heterocycles. The molecule has 1 aromatic heterocycles. The molecule has 0 bridgehead atoms. The second-order valence-electron chi connectivity index (χ2n) is 7.21. The Balaban J connectivity index is 1.53. The molecule has 2 aliphatic carbocycles. The molecule has 3 atom stereocenters. The fourth-order valence-electron chi connectivity index (χ4n) is 4.10. The maximum atomic E-state index is 5.92. The highest BCUT2D eigenvalue weighted by Gasteiger charge is 2.34. The molecule has 1 aromatic rings. The standard InChI is InChI=1S/C17H29N3O/c1-12(2)18-10-9-16-19-20-17(21-16)15-8-7-13-5-3-4-6-14(13)11-15/h12-15,18H,3-11H2,1-2H3. The van der Waals surface area contributed by atoms with Gasteiger partial charge in [0.2, 0.25) is 11.8 Å². The third kappa shape index (κ3) is 3.85. The summed E-state index contributed by atoms with van der Waals surface area (Å²) < 4.78 is 5.92. The highest BCUT2D eigenvalue weighted by atomic mass is 16.4. The molecule has 21 heavy (non-hydrogen) atoms. The largest absolute Gasteiger partial charge is 0.425 e. The van der Waals surface area contributed by atoms with Crippen molar-refractivity contribution in [2.24, 2.45) is 11.8 Å². The molecule has 0 spiro atoms. The molecule has 118 valence electrons. The fourth-order valence-corrected chi connectivity index (χ4v) is 4.10. The molecule has 3 unspecified atom stereocenters. The summed E-state index contributed by atoms with van der Waals surface area (Å²) in [5.41, 5.74) is 0. The quantitative estimate of drug-likeness (QED) is 0.899. The summed E-state index contributed by atoms with van der Waals surface area (Å²) in [6, 6.07) is 0.508. The van der Waals surface area contributed by atoms with Crippen LogP contribution in [0.5, 0.6) is 0 Å².